The van der Waals surface area contributed by atoms with Gasteiger partial charge in [-0.15, -0.1) is 0 Å². The third-order valence-electron chi connectivity index (χ3n) is 4.93. The molecule has 9 heteroatoms. The van der Waals surface area contributed by atoms with Gasteiger partial charge in [0.25, 0.3) is 5.91 Å². The van der Waals surface area contributed by atoms with Crippen LogP contribution in [0.15, 0.2) is 53.0 Å². The zero-order valence-corrected chi connectivity index (χ0v) is 16.0. The highest BCUT2D eigenvalue weighted by Gasteiger charge is 2.51. The lowest BCUT2D eigenvalue weighted by Crippen LogP contribution is -2.39. The summed E-state index contributed by atoms with van der Waals surface area (Å²) in [5.41, 5.74) is 6.10. The Kier molecular flexibility index (Phi) is 4.82. The summed E-state index contributed by atoms with van der Waals surface area (Å²) in [6.45, 7) is 4.57. The van der Waals surface area contributed by atoms with Gasteiger partial charge in [0.05, 0.1) is 18.8 Å². The van der Waals surface area contributed by atoms with E-state index in [9.17, 15) is 9.18 Å². The van der Waals surface area contributed by atoms with Gasteiger partial charge in [-0.2, -0.15) is 5.26 Å². The van der Waals surface area contributed by atoms with Gasteiger partial charge < -0.3 is 15.8 Å². The Balaban J connectivity index is 1.68. The molecule has 4 rings (SSSR count). The summed E-state index contributed by atoms with van der Waals surface area (Å²) in [5, 5.41) is 11.8. The highest BCUT2D eigenvalue weighted by molar-refractivity contribution is 8.17. The van der Waals surface area contributed by atoms with Crippen molar-refractivity contribution in [2.24, 2.45) is 16.6 Å². The molecule has 0 spiro atoms. The number of fused-ring (bicyclic) bond motifs is 1. The molecule has 2 aromatic rings. The largest absolute Gasteiger partial charge is 0.378 e. The summed E-state index contributed by atoms with van der Waals surface area (Å²) in [5.74, 6) is -1.16. The Morgan fingerprint density at radius 1 is 1.45 bits per heavy atom. The predicted molar refractivity (Wildman–Crippen MR) is 108 cm³/mol. The second-order valence-electron chi connectivity index (χ2n) is 6.70. The molecule has 0 radical (unpaired) electrons. The van der Waals surface area contributed by atoms with E-state index in [4.69, 9.17) is 15.7 Å². The fraction of sp³-hybridized carbons (Fsp3) is 0.200. The molecule has 2 aliphatic heterocycles. The zero-order chi connectivity index (χ0) is 20.6. The normalized spacial score (nSPS) is 23.1. The number of hydrogen-bond acceptors (Lipinski definition) is 7. The maximum absolute atomic E-state index is 14.8. The summed E-state index contributed by atoms with van der Waals surface area (Å²) in [7, 11) is 0. The van der Waals surface area contributed by atoms with Crippen LogP contribution in [0.4, 0.5) is 10.1 Å². The van der Waals surface area contributed by atoms with E-state index in [0.29, 0.717) is 23.0 Å². The van der Waals surface area contributed by atoms with Crippen LogP contribution in [-0.2, 0) is 10.3 Å². The number of aliphatic imine (C=N–C) groups is 1. The molecular formula is C20H16FN5O2S. The van der Waals surface area contributed by atoms with Crippen LogP contribution in [-0.4, -0.2) is 29.3 Å². The van der Waals surface area contributed by atoms with E-state index in [2.05, 4.69) is 21.9 Å². The molecule has 0 saturated carbocycles. The van der Waals surface area contributed by atoms with Crippen LogP contribution < -0.4 is 11.1 Å². The first-order valence-corrected chi connectivity index (χ1v) is 9.52. The first-order chi connectivity index (χ1) is 13.9. The van der Waals surface area contributed by atoms with Gasteiger partial charge in [0.1, 0.15) is 23.1 Å². The average Bonchev–Trinajstić information content (AvgIpc) is 3.14. The van der Waals surface area contributed by atoms with Crippen molar-refractivity contribution in [3.63, 3.8) is 0 Å². The number of nitrogens with one attached hydrogen (secondary N) is 1. The molecule has 2 atom stereocenters. The number of amides is 1. The van der Waals surface area contributed by atoms with Crippen LogP contribution in [0.1, 0.15) is 21.6 Å². The van der Waals surface area contributed by atoms with Gasteiger partial charge in [-0.3, -0.25) is 4.79 Å². The van der Waals surface area contributed by atoms with Crippen molar-refractivity contribution in [2.75, 3.05) is 18.5 Å². The number of anilines is 1. The number of carbonyl (C=O) groups excluding carboxylic acids is 1. The Hall–Kier alpha value is -3.22. The number of aromatic nitrogens is 1. The quantitative estimate of drug-likeness (QED) is 0.806. The van der Waals surface area contributed by atoms with E-state index in [0.717, 1.165) is 4.91 Å². The molecule has 2 aliphatic rings. The number of nitriles is 1. The number of pyridine rings is 1. The molecule has 0 aliphatic carbocycles. The minimum atomic E-state index is -1.01. The summed E-state index contributed by atoms with van der Waals surface area (Å²) in [4.78, 5) is 21.7. The molecule has 1 amide bonds. The van der Waals surface area contributed by atoms with Gasteiger partial charge in [-0.25, -0.2) is 14.4 Å². The van der Waals surface area contributed by atoms with E-state index < -0.39 is 17.3 Å². The van der Waals surface area contributed by atoms with Crippen molar-refractivity contribution < 1.29 is 13.9 Å². The number of ether oxygens (including phenoxy) is 1. The molecule has 146 valence electrons. The van der Waals surface area contributed by atoms with Crippen LogP contribution >= 0.6 is 11.8 Å². The van der Waals surface area contributed by atoms with Crippen molar-refractivity contribution in [3.05, 3.63) is 70.7 Å². The van der Waals surface area contributed by atoms with E-state index >= 15 is 0 Å². The summed E-state index contributed by atoms with van der Waals surface area (Å²) in [6, 6.07) is 9.17. The monoisotopic (exact) mass is 409 g/mol. The van der Waals surface area contributed by atoms with Gasteiger partial charge in [0, 0.05) is 23.4 Å². The first kappa shape index (κ1) is 19.1. The number of carbonyl (C=O) groups is 1. The van der Waals surface area contributed by atoms with Gasteiger partial charge in [-0.1, -0.05) is 18.3 Å². The number of rotatable bonds is 3. The smallest absolute Gasteiger partial charge is 0.274 e. The molecule has 3 heterocycles. The van der Waals surface area contributed by atoms with Crippen molar-refractivity contribution in [1.29, 1.82) is 5.26 Å². The molecule has 0 unspecified atom stereocenters. The Morgan fingerprint density at radius 2 is 2.28 bits per heavy atom. The number of nitrogens with zero attached hydrogens (tertiary/aromatic N) is 3. The number of thioether (sulfide) groups is 1. The van der Waals surface area contributed by atoms with Gasteiger partial charge >= 0.3 is 0 Å². The lowest BCUT2D eigenvalue weighted by Gasteiger charge is -2.35. The minimum absolute atomic E-state index is 0.139. The van der Waals surface area contributed by atoms with Gasteiger partial charge in [0.2, 0.25) is 0 Å². The van der Waals surface area contributed by atoms with E-state index in [1.165, 1.54) is 42.2 Å². The zero-order valence-electron chi connectivity index (χ0n) is 15.2. The third-order valence-corrected chi connectivity index (χ3v) is 5.78. The van der Waals surface area contributed by atoms with Crippen LogP contribution in [0.3, 0.4) is 0 Å². The molecule has 1 aromatic heterocycles. The number of benzene rings is 1. The van der Waals surface area contributed by atoms with Crippen molar-refractivity contribution in [2.45, 2.75) is 5.54 Å². The highest BCUT2D eigenvalue weighted by atomic mass is 32.2. The molecule has 1 saturated heterocycles. The van der Waals surface area contributed by atoms with Crippen LogP contribution in [0.5, 0.6) is 0 Å². The third kappa shape index (κ3) is 3.37. The van der Waals surface area contributed by atoms with Crippen molar-refractivity contribution in [3.8, 4) is 6.07 Å². The van der Waals surface area contributed by atoms with E-state index in [1.807, 2.05) is 6.07 Å². The van der Waals surface area contributed by atoms with Crippen molar-refractivity contribution in [1.82, 2.24) is 4.98 Å². The summed E-state index contributed by atoms with van der Waals surface area (Å²) < 4.78 is 20.4. The first-order valence-electron chi connectivity index (χ1n) is 8.70. The predicted octanol–water partition coefficient (Wildman–Crippen LogP) is 2.76. The second kappa shape index (κ2) is 7.31. The average molecular weight is 409 g/mol. The van der Waals surface area contributed by atoms with Crippen LogP contribution in [0.2, 0.25) is 0 Å². The number of halogens is 1. The van der Waals surface area contributed by atoms with E-state index in [1.54, 1.807) is 6.07 Å². The lowest BCUT2D eigenvalue weighted by atomic mass is 9.80. The molecule has 29 heavy (non-hydrogen) atoms. The van der Waals surface area contributed by atoms with Crippen LogP contribution in [0.25, 0.3) is 0 Å². The Labute approximate surface area is 170 Å². The molecule has 0 bridgehead atoms. The minimum Gasteiger partial charge on any atom is -0.378 e. The second-order valence-corrected chi connectivity index (χ2v) is 7.85. The van der Waals surface area contributed by atoms with Gasteiger partial charge in [0.15, 0.2) is 5.17 Å². The maximum Gasteiger partial charge on any atom is 0.274 e. The van der Waals surface area contributed by atoms with Crippen LogP contribution in [0, 0.1) is 23.1 Å². The molecular weight excluding hydrogens is 393 g/mol. The maximum atomic E-state index is 14.8. The Bertz CT molecular complexity index is 1080. The SMILES string of the molecule is C=C1SC(N)=N[C@]2(c3cc(NC(=O)c4ccc(C#N)cn4)ccc3F)COC[C@H]12. The van der Waals surface area contributed by atoms with E-state index in [-0.39, 0.29) is 23.8 Å². The fourth-order valence-electron chi connectivity index (χ4n) is 3.52. The Morgan fingerprint density at radius 3 is 3.00 bits per heavy atom. The molecule has 1 fully saturated rings. The fourth-order valence-corrected chi connectivity index (χ4v) is 4.40. The summed E-state index contributed by atoms with van der Waals surface area (Å²) in [6.07, 6.45) is 1.31. The topological polar surface area (TPSA) is 113 Å². The highest BCUT2D eigenvalue weighted by Crippen LogP contribution is 2.50. The molecule has 7 nitrogen and oxygen atoms in total. The van der Waals surface area contributed by atoms with Crippen molar-refractivity contribution >= 4 is 28.5 Å². The summed E-state index contributed by atoms with van der Waals surface area (Å²) >= 11 is 1.26. The molecule has 1 aromatic carbocycles. The molecule has 3 N–H and O–H groups in total. The number of hydrogen-bond donors (Lipinski definition) is 2. The lowest BCUT2D eigenvalue weighted by molar-refractivity contribution is 0.102. The standard InChI is InChI=1S/C20H16FN5O2S/c1-11-15-9-28-10-20(15,26-19(23)29-11)14-6-13(3-4-16(14)21)25-18(27)17-5-2-12(7-22)8-24-17/h2-6,8,15H,1,9-10H2,(H2,23,26)(H,25,27)/t15-,20+/m1/s1. The number of amidine groups is 1. The number of nitrogens with two attached hydrogens (primary N) is 1. The van der Waals surface area contributed by atoms with Gasteiger partial charge in [-0.05, 0) is 35.2 Å².